The van der Waals surface area contributed by atoms with Gasteiger partial charge in [-0.1, -0.05) is 66.3 Å². The van der Waals surface area contributed by atoms with Crippen molar-refractivity contribution in [1.29, 1.82) is 0 Å². The molecule has 0 spiro atoms. The molecule has 0 unspecified atom stereocenters. The number of imidazole rings is 1. The molecule has 1 heterocycles. The monoisotopic (exact) mass is 521 g/mol. The summed E-state index contributed by atoms with van der Waals surface area (Å²) in [5.41, 5.74) is 9.16. The quantitative estimate of drug-likeness (QED) is 0.271. The highest BCUT2D eigenvalue weighted by molar-refractivity contribution is 7.77. The fourth-order valence-electron chi connectivity index (χ4n) is 3.74. The van der Waals surface area contributed by atoms with Crippen LogP contribution in [-0.2, 0) is 5.41 Å². The van der Waals surface area contributed by atoms with Crippen LogP contribution in [0.4, 0.5) is 5.69 Å². The normalized spacial score (nSPS) is 11.4. The minimum atomic E-state index is -0.164. The lowest BCUT2D eigenvalue weighted by Gasteiger charge is -2.23. The molecule has 0 aliphatic heterocycles. The van der Waals surface area contributed by atoms with Crippen molar-refractivity contribution < 1.29 is 4.79 Å². The number of thiol groups is 1. The van der Waals surface area contributed by atoms with Crippen LogP contribution in [0.25, 0.3) is 11.4 Å². The van der Waals surface area contributed by atoms with Crippen LogP contribution >= 0.6 is 12.8 Å². The average molecular weight is 522 g/mol. The van der Waals surface area contributed by atoms with Gasteiger partial charge >= 0.3 is 0 Å². The second-order valence-corrected chi connectivity index (χ2v) is 11.7. The number of aryl methyl sites for hydroxylation is 2. The fourth-order valence-corrected chi connectivity index (χ4v) is 3.74. The molecule has 3 rings (SSSR count). The molecule has 7 heteroatoms. The Morgan fingerprint density at radius 1 is 1.03 bits per heavy atom. The van der Waals surface area contributed by atoms with Crippen LogP contribution in [0.15, 0.2) is 49.4 Å². The number of nitrogens with one attached hydrogen (secondary N) is 2. The molecule has 0 radical (unpaired) electrons. The number of hydrogen-bond acceptors (Lipinski definition) is 5. The molecule has 0 fully saturated rings. The molecule has 1 amide bonds. The van der Waals surface area contributed by atoms with Gasteiger partial charge in [0.15, 0.2) is 0 Å². The minimum absolute atomic E-state index is 0.0137. The predicted molar refractivity (Wildman–Crippen MR) is 161 cm³/mol. The molecule has 0 saturated carbocycles. The second kappa shape index (κ2) is 12.0. The van der Waals surface area contributed by atoms with Gasteiger partial charge in [0.2, 0.25) is 0 Å². The molecule has 3 aromatic rings. The lowest BCUT2D eigenvalue weighted by atomic mass is 9.85. The van der Waals surface area contributed by atoms with Gasteiger partial charge in [-0.3, -0.25) is 9.93 Å². The molecule has 200 valence electrons. The Hall–Kier alpha value is -3.03. The van der Waals surface area contributed by atoms with Gasteiger partial charge in [0.25, 0.3) is 5.91 Å². The average Bonchev–Trinajstić information content (AvgIpc) is 3.31. The molecule has 0 saturated heterocycles. The van der Waals surface area contributed by atoms with E-state index in [-0.39, 0.29) is 16.7 Å². The molecule has 1 aromatic heterocycles. The van der Waals surface area contributed by atoms with Crippen LogP contribution < -0.4 is 15.8 Å². The van der Waals surface area contributed by atoms with Crippen molar-refractivity contribution in [2.24, 2.45) is 10.6 Å². The molecular weight excluding hydrogens is 478 g/mol. The first kappa shape index (κ1) is 30.2. The number of nitrogens with zero attached hydrogens (tertiary/aromatic N) is 2. The van der Waals surface area contributed by atoms with Crippen molar-refractivity contribution in [2.45, 2.75) is 67.7 Å². The molecular formula is C30H43N5OS. The summed E-state index contributed by atoms with van der Waals surface area (Å²) in [6.45, 7) is 24.2. The van der Waals surface area contributed by atoms with Gasteiger partial charge in [0, 0.05) is 24.1 Å². The number of hydrogen-bond donors (Lipinski definition) is 4. The third-order valence-electron chi connectivity index (χ3n) is 6.25. The van der Waals surface area contributed by atoms with Crippen molar-refractivity contribution in [2.75, 3.05) is 11.9 Å². The highest BCUT2D eigenvalue weighted by Gasteiger charge is 2.18. The minimum Gasteiger partial charge on any atom is -0.355 e. The zero-order chi connectivity index (χ0) is 28.1. The van der Waals surface area contributed by atoms with Gasteiger partial charge in [-0.2, -0.15) is 0 Å². The van der Waals surface area contributed by atoms with Gasteiger partial charge < -0.3 is 15.2 Å². The number of benzene rings is 2. The zero-order valence-electron chi connectivity index (χ0n) is 23.8. The molecule has 6 nitrogen and oxygen atoms in total. The van der Waals surface area contributed by atoms with Gasteiger partial charge in [-0.05, 0) is 71.6 Å². The van der Waals surface area contributed by atoms with Crippen LogP contribution in [-0.4, -0.2) is 22.0 Å². The molecule has 0 bridgehead atoms. The molecule has 0 atom stereocenters. The van der Waals surface area contributed by atoms with E-state index in [1.54, 1.807) is 12.5 Å². The standard InChI is InChI=1S/C30H40N4O.H3NS/c1-19-11-12-23(22(4)33-25-15-24(30(8,9)10)13-20(2)21(25)3)14-27(19)34-16-26(32-18-34)28(35)31-17-29(5,6)7;1-2/h11-16,18,33H,4,17H2,1-3,5-10H3,(H,31,35);2H,1H2. The van der Waals surface area contributed by atoms with Gasteiger partial charge in [-0.15, -0.1) is 12.8 Å². The lowest BCUT2D eigenvalue weighted by molar-refractivity contribution is 0.0934. The Kier molecular flexibility index (Phi) is 9.80. The Labute approximate surface area is 228 Å². The number of carbonyl (C=O) groups excluding carboxylic acids is 1. The van der Waals surface area contributed by atoms with E-state index in [1.807, 2.05) is 4.57 Å². The SMILES string of the molecule is C=C(Nc1cc(C(C)(C)C)cc(C)c1C)c1ccc(C)c(-n2cnc(C(=O)NCC(C)(C)C)c2)c1.NS. The summed E-state index contributed by atoms with van der Waals surface area (Å²) in [5, 5.41) is 10.7. The highest BCUT2D eigenvalue weighted by Crippen LogP contribution is 2.31. The Bertz CT molecular complexity index is 1260. The van der Waals surface area contributed by atoms with Crippen molar-refractivity contribution in [3.8, 4) is 5.69 Å². The zero-order valence-corrected chi connectivity index (χ0v) is 24.7. The second-order valence-electron chi connectivity index (χ2n) is 11.7. The first-order valence-corrected chi connectivity index (χ1v) is 12.9. The maximum atomic E-state index is 12.5. The van der Waals surface area contributed by atoms with Crippen molar-refractivity contribution in [3.63, 3.8) is 0 Å². The number of nitrogens with two attached hydrogens (primary N) is 1. The van der Waals surface area contributed by atoms with Crippen LogP contribution in [0.3, 0.4) is 0 Å². The van der Waals surface area contributed by atoms with E-state index in [0.29, 0.717) is 12.2 Å². The van der Waals surface area contributed by atoms with E-state index in [0.717, 1.165) is 28.2 Å². The summed E-state index contributed by atoms with van der Waals surface area (Å²) in [4.78, 5) is 16.9. The molecule has 37 heavy (non-hydrogen) atoms. The van der Waals surface area contributed by atoms with Gasteiger partial charge in [0.05, 0.1) is 5.69 Å². The van der Waals surface area contributed by atoms with E-state index >= 15 is 0 Å². The maximum Gasteiger partial charge on any atom is 0.271 e. The highest BCUT2D eigenvalue weighted by atomic mass is 32.1. The summed E-state index contributed by atoms with van der Waals surface area (Å²) in [6, 6.07) is 10.7. The van der Waals surface area contributed by atoms with Crippen LogP contribution in [0.1, 0.15) is 79.8 Å². The number of carbonyl (C=O) groups is 1. The number of anilines is 1. The third kappa shape index (κ3) is 7.98. The van der Waals surface area contributed by atoms with Gasteiger partial charge in [-0.25, -0.2) is 4.98 Å². The predicted octanol–water partition coefficient (Wildman–Crippen LogP) is 6.74. The molecule has 4 N–H and O–H groups in total. The van der Waals surface area contributed by atoms with Gasteiger partial charge in [0.1, 0.15) is 12.0 Å². The molecule has 2 aromatic carbocycles. The molecule has 0 aliphatic rings. The Morgan fingerprint density at radius 2 is 1.68 bits per heavy atom. The summed E-state index contributed by atoms with van der Waals surface area (Å²) in [7, 11) is 0. The lowest BCUT2D eigenvalue weighted by Crippen LogP contribution is -2.32. The first-order chi connectivity index (χ1) is 17.2. The van der Waals surface area contributed by atoms with Crippen LogP contribution in [0.2, 0.25) is 0 Å². The van der Waals surface area contributed by atoms with E-state index < -0.39 is 0 Å². The van der Waals surface area contributed by atoms with E-state index in [1.165, 1.54) is 16.7 Å². The summed E-state index contributed by atoms with van der Waals surface area (Å²) in [6.07, 6.45) is 3.47. The number of aromatic nitrogens is 2. The Morgan fingerprint density at radius 3 is 2.27 bits per heavy atom. The van der Waals surface area contributed by atoms with Crippen molar-refractivity contribution in [1.82, 2.24) is 14.9 Å². The Balaban J connectivity index is 0.00000235. The largest absolute Gasteiger partial charge is 0.355 e. The summed E-state index contributed by atoms with van der Waals surface area (Å²) < 4.78 is 1.90. The smallest absolute Gasteiger partial charge is 0.271 e. The number of rotatable bonds is 6. The van der Waals surface area contributed by atoms with Crippen molar-refractivity contribution >= 4 is 30.1 Å². The third-order valence-corrected chi connectivity index (χ3v) is 6.25. The summed E-state index contributed by atoms with van der Waals surface area (Å²) in [5.74, 6) is -0.164. The first-order valence-electron chi connectivity index (χ1n) is 12.4. The van der Waals surface area contributed by atoms with Crippen LogP contribution in [0, 0.1) is 26.2 Å². The topological polar surface area (TPSA) is 85.0 Å². The summed E-state index contributed by atoms with van der Waals surface area (Å²) >= 11 is 3.03. The maximum absolute atomic E-state index is 12.5. The van der Waals surface area contributed by atoms with Crippen LogP contribution in [0.5, 0.6) is 0 Å². The van der Waals surface area contributed by atoms with E-state index in [2.05, 4.69) is 133 Å². The van der Waals surface area contributed by atoms with E-state index in [4.69, 9.17) is 0 Å². The fraction of sp³-hybridized carbons (Fsp3) is 0.400. The van der Waals surface area contributed by atoms with Crippen molar-refractivity contribution in [3.05, 3.63) is 82.9 Å². The molecule has 0 aliphatic carbocycles. The van der Waals surface area contributed by atoms with E-state index in [9.17, 15) is 4.79 Å². The number of amides is 1.